The lowest BCUT2D eigenvalue weighted by atomic mass is 9.99. The summed E-state index contributed by atoms with van der Waals surface area (Å²) in [6.07, 6.45) is 4.76. The molecule has 1 aliphatic carbocycles. The molecular weight excluding hydrogens is 231 g/mol. The molecule has 0 unspecified atom stereocenters. The van der Waals surface area contributed by atoms with Gasteiger partial charge in [-0.3, -0.25) is 4.79 Å². The highest BCUT2D eigenvalue weighted by atomic mass is 19.1. The SMILES string of the molecule is C[C@@H](NC(=O)c1cccc(F)c1N)C1CCCC1. The number of carbonyl (C=O) groups is 1. The van der Waals surface area contributed by atoms with Crippen molar-refractivity contribution >= 4 is 11.6 Å². The lowest BCUT2D eigenvalue weighted by Gasteiger charge is -2.20. The zero-order valence-corrected chi connectivity index (χ0v) is 10.6. The Morgan fingerprint density at radius 2 is 2.11 bits per heavy atom. The molecule has 1 amide bonds. The first-order valence-electron chi connectivity index (χ1n) is 6.44. The maximum atomic E-state index is 13.3. The lowest BCUT2D eigenvalue weighted by Crippen LogP contribution is -2.37. The number of anilines is 1. The van der Waals surface area contributed by atoms with Gasteiger partial charge in [0.1, 0.15) is 5.82 Å². The van der Waals surface area contributed by atoms with Crippen molar-refractivity contribution in [2.24, 2.45) is 5.92 Å². The number of para-hydroxylation sites is 1. The summed E-state index contributed by atoms with van der Waals surface area (Å²) in [5, 5.41) is 2.92. The minimum Gasteiger partial charge on any atom is -0.396 e. The van der Waals surface area contributed by atoms with Crippen LogP contribution in [0.2, 0.25) is 0 Å². The van der Waals surface area contributed by atoms with E-state index in [1.54, 1.807) is 6.07 Å². The number of benzene rings is 1. The van der Waals surface area contributed by atoms with Crippen LogP contribution in [0.15, 0.2) is 18.2 Å². The van der Waals surface area contributed by atoms with Crippen molar-refractivity contribution in [1.29, 1.82) is 0 Å². The van der Waals surface area contributed by atoms with Crippen molar-refractivity contribution in [1.82, 2.24) is 5.32 Å². The van der Waals surface area contributed by atoms with Crippen molar-refractivity contribution in [3.05, 3.63) is 29.6 Å². The minimum atomic E-state index is -0.545. The fourth-order valence-electron chi connectivity index (χ4n) is 2.59. The zero-order valence-electron chi connectivity index (χ0n) is 10.6. The maximum Gasteiger partial charge on any atom is 0.253 e. The summed E-state index contributed by atoms with van der Waals surface area (Å²) in [6, 6.07) is 4.42. The predicted molar refractivity (Wildman–Crippen MR) is 69.7 cm³/mol. The molecule has 98 valence electrons. The Bertz CT molecular complexity index is 441. The van der Waals surface area contributed by atoms with Crippen LogP contribution in [0.5, 0.6) is 0 Å². The summed E-state index contributed by atoms with van der Waals surface area (Å²) >= 11 is 0. The molecular formula is C14H19FN2O. The number of carbonyl (C=O) groups excluding carboxylic acids is 1. The van der Waals surface area contributed by atoms with Crippen LogP contribution < -0.4 is 11.1 Å². The van der Waals surface area contributed by atoms with Gasteiger partial charge in [0.25, 0.3) is 5.91 Å². The summed E-state index contributed by atoms with van der Waals surface area (Å²) in [5.41, 5.74) is 5.72. The van der Waals surface area contributed by atoms with E-state index in [0.29, 0.717) is 5.92 Å². The third-order valence-electron chi connectivity index (χ3n) is 3.76. The molecule has 0 bridgehead atoms. The highest BCUT2D eigenvalue weighted by Gasteiger charge is 2.23. The summed E-state index contributed by atoms with van der Waals surface area (Å²) in [7, 11) is 0. The molecule has 4 heteroatoms. The smallest absolute Gasteiger partial charge is 0.253 e. The van der Waals surface area contributed by atoms with Gasteiger partial charge in [0.15, 0.2) is 0 Å². The molecule has 0 spiro atoms. The number of hydrogen-bond donors (Lipinski definition) is 2. The van der Waals surface area contributed by atoms with Crippen LogP contribution in [-0.4, -0.2) is 11.9 Å². The summed E-state index contributed by atoms with van der Waals surface area (Å²) in [4.78, 5) is 12.0. The first-order chi connectivity index (χ1) is 8.59. The van der Waals surface area contributed by atoms with Gasteiger partial charge in [-0.1, -0.05) is 18.9 Å². The summed E-state index contributed by atoms with van der Waals surface area (Å²) in [5.74, 6) is -0.300. The van der Waals surface area contributed by atoms with Crippen LogP contribution in [0.4, 0.5) is 10.1 Å². The Morgan fingerprint density at radius 3 is 2.78 bits per heavy atom. The van der Waals surface area contributed by atoms with Crippen molar-refractivity contribution in [2.75, 3.05) is 5.73 Å². The summed E-state index contributed by atoms with van der Waals surface area (Å²) < 4.78 is 13.3. The Kier molecular flexibility index (Phi) is 3.84. The second kappa shape index (κ2) is 5.38. The Balaban J connectivity index is 2.05. The van der Waals surface area contributed by atoms with Crippen LogP contribution in [0.3, 0.4) is 0 Å². The Hall–Kier alpha value is -1.58. The molecule has 3 nitrogen and oxygen atoms in total. The molecule has 1 aromatic rings. The molecule has 0 aliphatic heterocycles. The number of nitrogen functional groups attached to an aromatic ring is 1. The maximum absolute atomic E-state index is 13.3. The van der Waals surface area contributed by atoms with E-state index in [1.165, 1.54) is 25.0 Å². The first-order valence-corrected chi connectivity index (χ1v) is 6.44. The second-order valence-corrected chi connectivity index (χ2v) is 5.01. The molecule has 0 saturated heterocycles. The predicted octanol–water partition coefficient (Wildman–Crippen LogP) is 2.72. The lowest BCUT2D eigenvalue weighted by molar-refractivity contribution is 0.0928. The van der Waals surface area contributed by atoms with E-state index in [0.717, 1.165) is 12.8 Å². The number of nitrogens with one attached hydrogen (secondary N) is 1. The van der Waals surface area contributed by atoms with Crippen LogP contribution in [-0.2, 0) is 0 Å². The molecule has 1 aliphatic rings. The highest BCUT2D eigenvalue weighted by molar-refractivity contribution is 5.99. The van der Waals surface area contributed by atoms with Gasteiger partial charge in [-0.25, -0.2) is 4.39 Å². The molecule has 0 heterocycles. The largest absolute Gasteiger partial charge is 0.396 e. The second-order valence-electron chi connectivity index (χ2n) is 5.01. The third kappa shape index (κ3) is 2.63. The van der Waals surface area contributed by atoms with E-state index in [-0.39, 0.29) is 23.2 Å². The minimum absolute atomic E-state index is 0.0754. The average molecular weight is 250 g/mol. The van der Waals surface area contributed by atoms with Gasteiger partial charge < -0.3 is 11.1 Å². The quantitative estimate of drug-likeness (QED) is 0.810. The van der Waals surface area contributed by atoms with Crippen molar-refractivity contribution in [3.63, 3.8) is 0 Å². The van der Waals surface area contributed by atoms with Gasteiger partial charge in [-0.2, -0.15) is 0 Å². The average Bonchev–Trinajstić information content (AvgIpc) is 2.86. The van der Waals surface area contributed by atoms with Crippen LogP contribution in [0.1, 0.15) is 43.0 Å². The molecule has 1 saturated carbocycles. The van der Waals surface area contributed by atoms with E-state index in [9.17, 15) is 9.18 Å². The fraction of sp³-hybridized carbons (Fsp3) is 0.500. The highest BCUT2D eigenvalue weighted by Crippen LogP contribution is 2.27. The van der Waals surface area contributed by atoms with Gasteiger partial charge in [0, 0.05) is 6.04 Å². The zero-order chi connectivity index (χ0) is 13.1. The van der Waals surface area contributed by atoms with Crippen LogP contribution >= 0.6 is 0 Å². The van der Waals surface area contributed by atoms with Gasteiger partial charge >= 0.3 is 0 Å². The van der Waals surface area contributed by atoms with Crippen molar-refractivity contribution < 1.29 is 9.18 Å². The van der Waals surface area contributed by atoms with E-state index in [2.05, 4.69) is 5.32 Å². The van der Waals surface area contributed by atoms with E-state index in [1.807, 2.05) is 6.92 Å². The van der Waals surface area contributed by atoms with E-state index >= 15 is 0 Å². The number of hydrogen-bond acceptors (Lipinski definition) is 2. The molecule has 1 atom stereocenters. The Morgan fingerprint density at radius 1 is 1.44 bits per heavy atom. The molecule has 3 N–H and O–H groups in total. The molecule has 1 fully saturated rings. The number of nitrogens with two attached hydrogens (primary N) is 1. The van der Waals surface area contributed by atoms with Crippen molar-refractivity contribution in [2.45, 2.75) is 38.6 Å². The first kappa shape index (κ1) is 12.9. The van der Waals surface area contributed by atoms with Crippen LogP contribution in [0.25, 0.3) is 0 Å². The molecule has 18 heavy (non-hydrogen) atoms. The van der Waals surface area contributed by atoms with Gasteiger partial charge in [0.2, 0.25) is 0 Å². The third-order valence-corrected chi connectivity index (χ3v) is 3.76. The number of halogens is 1. The Labute approximate surface area is 107 Å². The van der Waals surface area contributed by atoms with Gasteiger partial charge in [0.05, 0.1) is 11.3 Å². The van der Waals surface area contributed by atoms with Gasteiger partial charge in [-0.05, 0) is 37.8 Å². The molecule has 0 aromatic heterocycles. The molecule has 1 aromatic carbocycles. The normalized spacial score (nSPS) is 17.7. The number of rotatable bonds is 3. The van der Waals surface area contributed by atoms with E-state index < -0.39 is 5.82 Å². The van der Waals surface area contributed by atoms with Gasteiger partial charge in [-0.15, -0.1) is 0 Å². The number of amides is 1. The monoisotopic (exact) mass is 250 g/mol. The van der Waals surface area contributed by atoms with Crippen molar-refractivity contribution in [3.8, 4) is 0 Å². The standard InChI is InChI=1S/C14H19FN2O/c1-9(10-5-2-3-6-10)17-14(18)11-7-4-8-12(15)13(11)16/h4,7-10H,2-3,5-6,16H2,1H3,(H,17,18)/t9-/m1/s1. The topological polar surface area (TPSA) is 55.1 Å². The molecule has 0 radical (unpaired) electrons. The summed E-state index contributed by atoms with van der Waals surface area (Å²) in [6.45, 7) is 2.00. The molecule has 2 rings (SSSR count). The van der Waals surface area contributed by atoms with E-state index in [4.69, 9.17) is 5.73 Å². The van der Waals surface area contributed by atoms with Crippen LogP contribution in [0, 0.1) is 11.7 Å². The fourth-order valence-corrected chi connectivity index (χ4v) is 2.59.